The number of benzene rings is 1. The lowest BCUT2D eigenvalue weighted by atomic mass is 10.3. The average molecular weight is 232 g/mol. The van der Waals surface area contributed by atoms with Crippen molar-refractivity contribution in [3.8, 4) is 5.75 Å². The molecule has 0 bridgehead atoms. The van der Waals surface area contributed by atoms with Crippen LogP contribution in [0.15, 0.2) is 12.1 Å². The molecule has 0 aliphatic carbocycles. The number of hydrogen-bond acceptors (Lipinski definition) is 2. The highest BCUT2D eigenvalue weighted by molar-refractivity contribution is 7.48. The van der Waals surface area contributed by atoms with Crippen LogP contribution in [0.5, 0.6) is 5.75 Å². The number of rotatable bonds is 2. The third kappa shape index (κ3) is 2.45. The molecule has 1 aromatic carbocycles. The van der Waals surface area contributed by atoms with Crippen LogP contribution >= 0.6 is 7.99 Å². The summed E-state index contributed by atoms with van der Waals surface area (Å²) < 4.78 is 73.9. The van der Waals surface area contributed by atoms with Gasteiger partial charge in [-0.15, -0.1) is 8.39 Å². The Morgan fingerprint density at radius 1 is 1.07 bits per heavy atom. The fraction of sp³-hybridized carbons (Fsp3) is 0. The van der Waals surface area contributed by atoms with Crippen molar-refractivity contribution >= 4 is 7.99 Å². The molecule has 0 aliphatic heterocycles. The molecular formula is C6H2F5O2P. The standard InChI is InChI=1S/C6H2F5O2P/c7-3-1-2-4(6(9)5(3)8)13-14(10,11)12/h1-2H. The number of hydrogen-bond donors (Lipinski definition) is 0. The SMILES string of the molecule is O=P(F)(F)Oc1ccc(F)c(F)c1F. The maximum absolute atomic E-state index is 12.6. The molecule has 0 atom stereocenters. The largest absolute Gasteiger partial charge is 0.610 e. The summed E-state index contributed by atoms with van der Waals surface area (Å²) in [5.74, 6) is -6.75. The van der Waals surface area contributed by atoms with Crippen molar-refractivity contribution in [3.05, 3.63) is 29.6 Å². The molecule has 0 saturated carbocycles. The Hall–Kier alpha value is -1.10. The second-order valence-electron chi connectivity index (χ2n) is 2.18. The summed E-state index contributed by atoms with van der Waals surface area (Å²) in [7, 11) is -5.98. The third-order valence-corrected chi connectivity index (χ3v) is 1.61. The van der Waals surface area contributed by atoms with Crippen molar-refractivity contribution in [3.63, 3.8) is 0 Å². The van der Waals surface area contributed by atoms with E-state index in [1.807, 2.05) is 0 Å². The predicted octanol–water partition coefficient (Wildman–Crippen LogP) is 3.53. The molecule has 0 spiro atoms. The summed E-state index contributed by atoms with van der Waals surface area (Å²) in [6.07, 6.45) is 0. The molecule has 0 saturated heterocycles. The molecular weight excluding hydrogens is 230 g/mol. The van der Waals surface area contributed by atoms with Crippen molar-refractivity contribution in [2.45, 2.75) is 0 Å². The minimum Gasteiger partial charge on any atom is -0.395 e. The zero-order valence-corrected chi connectivity index (χ0v) is 7.20. The van der Waals surface area contributed by atoms with Gasteiger partial charge in [0, 0.05) is 0 Å². The van der Waals surface area contributed by atoms with E-state index in [-0.39, 0.29) is 0 Å². The van der Waals surface area contributed by atoms with E-state index in [0.29, 0.717) is 12.1 Å². The first-order chi connectivity index (χ1) is 6.31. The van der Waals surface area contributed by atoms with Crippen molar-refractivity contribution in [1.29, 1.82) is 0 Å². The molecule has 0 aromatic heterocycles. The zero-order valence-electron chi connectivity index (χ0n) is 6.31. The molecule has 0 N–H and O–H groups in total. The lowest BCUT2D eigenvalue weighted by Crippen LogP contribution is -1.94. The molecule has 78 valence electrons. The molecule has 8 heteroatoms. The molecule has 0 radical (unpaired) electrons. The zero-order chi connectivity index (χ0) is 10.9. The van der Waals surface area contributed by atoms with Crippen LogP contribution in [-0.4, -0.2) is 0 Å². The van der Waals surface area contributed by atoms with Gasteiger partial charge in [0.15, 0.2) is 17.4 Å². The Kier molecular flexibility index (Phi) is 2.80. The van der Waals surface area contributed by atoms with Crippen LogP contribution in [0, 0.1) is 17.5 Å². The van der Waals surface area contributed by atoms with Crippen molar-refractivity contribution < 1.29 is 30.7 Å². The van der Waals surface area contributed by atoms with E-state index in [9.17, 15) is 26.1 Å². The average Bonchev–Trinajstić information content (AvgIpc) is 2.04. The van der Waals surface area contributed by atoms with Crippen molar-refractivity contribution in [1.82, 2.24) is 0 Å². The quantitative estimate of drug-likeness (QED) is 0.443. The van der Waals surface area contributed by atoms with Crippen LogP contribution < -0.4 is 4.52 Å². The fourth-order valence-corrected chi connectivity index (χ4v) is 1.06. The Morgan fingerprint density at radius 3 is 2.14 bits per heavy atom. The normalized spacial score (nSPS) is 11.5. The Morgan fingerprint density at radius 2 is 1.64 bits per heavy atom. The topological polar surface area (TPSA) is 26.3 Å². The maximum Gasteiger partial charge on any atom is 0.610 e. The third-order valence-electron chi connectivity index (χ3n) is 1.20. The summed E-state index contributed by atoms with van der Waals surface area (Å²) in [5, 5.41) is 0. The molecule has 0 amide bonds. The summed E-state index contributed by atoms with van der Waals surface area (Å²) in [6, 6.07) is 0.795. The van der Waals surface area contributed by atoms with Crippen LogP contribution in [0.3, 0.4) is 0 Å². The summed E-state index contributed by atoms with van der Waals surface area (Å²) in [6.45, 7) is 0. The Balaban J connectivity index is 3.12. The van der Waals surface area contributed by atoms with Gasteiger partial charge in [0.05, 0.1) is 0 Å². The van der Waals surface area contributed by atoms with Crippen LogP contribution in [-0.2, 0) is 4.57 Å². The first-order valence-electron chi connectivity index (χ1n) is 3.13. The first kappa shape index (κ1) is 11.0. The minimum absolute atomic E-state index is 0.378. The summed E-state index contributed by atoms with van der Waals surface area (Å²) in [5.41, 5.74) is 0. The van der Waals surface area contributed by atoms with E-state index in [0.717, 1.165) is 0 Å². The lowest BCUT2D eigenvalue weighted by Gasteiger charge is -2.04. The van der Waals surface area contributed by atoms with Crippen LogP contribution in [0.2, 0.25) is 0 Å². The molecule has 1 aromatic rings. The molecule has 0 aliphatic rings. The number of halogens is 5. The molecule has 0 fully saturated rings. The van der Waals surface area contributed by atoms with Gasteiger partial charge in [0.2, 0.25) is 5.82 Å². The molecule has 0 unspecified atom stereocenters. The molecule has 14 heavy (non-hydrogen) atoms. The van der Waals surface area contributed by atoms with Crippen molar-refractivity contribution in [2.24, 2.45) is 0 Å². The minimum atomic E-state index is -5.98. The highest BCUT2D eigenvalue weighted by Gasteiger charge is 2.26. The van der Waals surface area contributed by atoms with E-state index >= 15 is 0 Å². The van der Waals surface area contributed by atoms with Gasteiger partial charge in [-0.3, -0.25) is 0 Å². The van der Waals surface area contributed by atoms with Crippen LogP contribution in [0.4, 0.5) is 21.6 Å². The summed E-state index contributed by atoms with van der Waals surface area (Å²) >= 11 is 0. The second-order valence-corrected chi connectivity index (χ2v) is 3.19. The van der Waals surface area contributed by atoms with Crippen LogP contribution in [0.1, 0.15) is 0 Å². The Labute approximate surface area is 75.0 Å². The van der Waals surface area contributed by atoms with Gasteiger partial charge in [-0.2, -0.15) is 4.39 Å². The van der Waals surface area contributed by atoms with E-state index in [1.54, 1.807) is 0 Å². The second kappa shape index (κ2) is 3.57. The fourth-order valence-electron chi connectivity index (χ4n) is 0.693. The molecule has 2 nitrogen and oxygen atoms in total. The van der Waals surface area contributed by atoms with E-state index in [4.69, 9.17) is 0 Å². The van der Waals surface area contributed by atoms with Gasteiger partial charge in [-0.05, 0) is 12.1 Å². The highest BCUT2D eigenvalue weighted by Crippen LogP contribution is 2.50. The molecule has 1 rings (SSSR count). The van der Waals surface area contributed by atoms with Gasteiger partial charge < -0.3 is 4.52 Å². The van der Waals surface area contributed by atoms with E-state index < -0.39 is 31.2 Å². The smallest absolute Gasteiger partial charge is 0.395 e. The molecule has 0 heterocycles. The maximum atomic E-state index is 12.6. The first-order valence-corrected chi connectivity index (χ1v) is 4.54. The van der Waals surface area contributed by atoms with E-state index in [1.165, 1.54) is 0 Å². The van der Waals surface area contributed by atoms with Crippen LogP contribution in [0.25, 0.3) is 0 Å². The summed E-state index contributed by atoms with van der Waals surface area (Å²) in [4.78, 5) is 0. The van der Waals surface area contributed by atoms with Gasteiger partial charge in [-0.25, -0.2) is 13.3 Å². The highest BCUT2D eigenvalue weighted by atomic mass is 31.2. The van der Waals surface area contributed by atoms with Gasteiger partial charge in [-0.1, -0.05) is 0 Å². The Bertz CT molecular complexity index is 401. The van der Waals surface area contributed by atoms with Gasteiger partial charge in [0.1, 0.15) is 0 Å². The lowest BCUT2D eigenvalue weighted by molar-refractivity contribution is 0.360. The van der Waals surface area contributed by atoms with E-state index in [2.05, 4.69) is 4.52 Å². The van der Waals surface area contributed by atoms with Gasteiger partial charge in [0.25, 0.3) is 0 Å². The van der Waals surface area contributed by atoms with Crippen molar-refractivity contribution in [2.75, 3.05) is 0 Å². The van der Waals surface area contributed by atoms with Gasteiger partial charge >= 0.3 is 7.99 Å². The predicted molar refractivity (Wildman–Crippen MR) is 36.8 cm³/mol. The monoisotopic (exact) mass is 232 g/mol.